The number of primary amides is 1. The lowest BCUT2D eigenvalue weighted by Crippen LogP contribution is -2.38. The fraction of sp³-hybridized carbons (Fsp3) is 0.467. The van der Waals surface area contributed by atoms with E-state index in [1.165, 1.54) is 5.56 Å². The quantitative estimate of drug-likeness (QED) is 0.332. The maximum atomic E-state index is 12.9. The minimum atomic E-state index is -3.20. The molecule has 2 rings (SSSR count). The summed E-state index contributed by atoms with van der Waals surface area (Å²) in [6.45, 7) is 7.56. The Labute approximate surface area is 235 Å². The smallest absolute Gasteiger partial charge is 0.404 e. The molecule has 0 fully saturated rings. The first-order chi connectivity index (χ1) is 18.6. The minimum absolute atomic E-state index is 0.0834. The fourth-order valence-electron chi connectivity index (χ4n) is 3.66. The van der Waals surface area contributed by atoms with E-state index in [1.807, 2.05) is 49.4 Å². The number of hydrogen-bond acceptors (Lipinski definition) is 6. The maximum absolute atomic E-state index is 12.9. The molecule has 4 N–H and O–H groups in total. The number of amides is 2. The number of ether oxygens (including phenoxy) is 1. The lowest BCUT2D eigenvalue weighted by atomic mass is 10.1. The third kappa shape index (κ3) is 16.3. The summed E-state index contributed by atoms with van der Waals surface area (Å²) >= 11 is 0. The topological polar surface area (TPSA) is 133 Å². The summed E-state index contributed by atoms with van der Waals surface area (Å²) in [6, 6.07) is 17.5. The summed E-state index contributed by atoms with van der Waals surface area (Å²) in [5.74, 6) is -0.577. The van der Waals surface area contributed by atoms with E-state index in [0.29, 0.717) is 32.5 Å². The third-order valence-electron chi connectivity index (χ3n) is 5.68. The van der Waals surface area contributed by atoms with Gasteiger partial charge in [-0.1, -0.05) is 81.8 Å². The molecule has 2 amide bonds. The van der Waals surface area contributed by atoms with Gasteiger partial charge in [0.15, 0.2) is 9.84 Å². The molecule has 39 heavy (non-hydrogen) atoms. The number of unbranched alkanes of at least 4 members (excludes halogenated alkanes) is 1. The minimum Gasteiger partial charge on any atom is -0.445 e. The summed E-state index contributed by atoms with van der Waals surface area (Å²) in [5, 5.41) is 0. The van der Waals surface area contributed by atoms with Crippen molar-refractivity contribution in [2.24, 2.45) is 17.4 Å². The SMILES string of the molecule is C#C.CCCCS(=O)(=O)C[C@@H](C)C(=O)N(CCCN)Cc1cccc(CC)c1.NC(=O)OCc1ccccc1. The Bertz CT molecular complexity index is 1090. The largest absolute Gasteiger partial charge is 0.445 e. The Morgan fingerprint density at radius 1 is 0.974 bits per heavy atom. The molecule has 0 unspecified atom stereocenters. The average molecular weight is 560 g/mol. The van der Waals surface area contributed by atoms with Gasteiger partial charge in [-0.15, -0.1) is 12.8 Å². The van der Waals surface area contributed by atoms with Crippen LogP contribution < -0.4 is 11.5 Å². The van der Waals surface area contributed by atoms with Crippen molar-refractivity contribution in [3.05, 3.63) is 71.3 Å². The molecule has 0 spiro atoms. The third-order valence-corrected chi connectivity index (χ3v) is 7.59. The number of terminal acetylenes is 1. The second kappa shape index (κ2) is 20.6. The van der Waals surface area contributed by atoms with Crippen molar-refractivity contribution < 1.29 is 22.7 Å². The van der Waals surface area contributed by atoms with Gasteiger partial charge >= 0.3 is 6.09 Å². The number of rotatable bonds is 14. The molecule has 216 valence electrons. The maximum Gasteiger partial charge on any atom is 0.404 e. The van der Waals surface area contributed by atoms with Gasteiger partial charge in [-0.05, 0) is 42.5 Å². The number of nitrogens with zero attached hydrogens (tertiary/aromatic N) is 1. The van der Waals surface area contributed by atoms with Gasteiger partial charge < -0.3 is 21.1 Å². The highest BCUT2D eigenvalue weighted by Gasteiger charge is 2.25. The van der Waals surface area contributed by atoms with E-state index in [-0.39, 0.29) is 24.0 Å². The first-order valence-electron chi connectivity index (χ1n) is 13.2. The van der Waals surface area contributed by atoms with Gasteiger partial charge in [0.2, 0.25) is 5.91 Å². The highest BCUT2D eigenvalue weighted by atomic mass is 32.2. The molecule has 8 nitrogen and oxygen atoms in total. The monoisotopic (exact) mass is 559 g/mol. The van der Waals surface area contributed by atoms with Crippen LogP contribution in [-0.4, -0.2) is 49.9 Å². The number of benzene rings is 2. The average Bonchev–Trinajstić information content (AvgIpc) is 2.94. The van der Waals surface area contributed by atoms with E-state index < -0.39 is 21.8 Å². The number of carbonyl (C=O) groups is 2. The highest BCUT2D eigenvalue weighted by Crippen LogP contribution is 2.14. The van der Waals surface area contributed by atoms with Gasteiger partial charge in [0, 0.05) is 19.0 Å². The van der Waals surface area contributed by atoms with E-state index in [9.17, 15) is 18.0 Å². The van der Waals surface area contributed by atoms with Crippen molar-refractivity contribution in [1.29, 1.82) is 0 Å². The van der Waals surface area contributed by atoms with Crippen LogP contribution in [0.1, 0.15) is 56.7 Å². The first kappa shape index (κ1) is 35.6. The lowest BCUT2D eigenvalue weighted by Gasteiger charge is -2.26. The standard InChI is InChI=1S/C20H34N2O3S.C8H9NO2.C2H2/c1-4-6-13-26(24,25)16-17(3)20(23)22(12-8-11-21)15-19-10-7-9-18(5-2)14-19;9-8(10)11-6-7-4-2-1-3-5-7;1-2/h7,9-10,14,17H,4-6,8,11-13,15-16,21H2,1-3H3;1-5H,6H2,(H2,9,10);1-2H/t17-;;/m1../s1. The summed E-state index contributed by atoms with van der Waals surface area (Å²) < 4.78 is 29.0. The van der Waals surface area contributed by atoms with E-state index in [2.05, 4.69) is 36.6 Å². The second-order valence-corrected chi connectivity index (χ2v) is 11.3. The Balaban J connectivity index is 0.000000920. The van der Waals surface area contributed by atoms with Crippen LogP contribution in [0, 0.1) is 18.8 Å². The number of hydrogen-bond donors (Lipinski definition) is 2. The Kier molecular flexibility index (Phi) is 18.8. The normalized spacial score (nSPS) is 11.1. The molecule has 0 saturated carbocycles. The van der Waals surface area contributed by atoms with Crippen LogP contribution in [0.2, 0.25) is 0 Å². The molecule has 1 atom stereocenters. The van der Waals surface area contributed by atoms with E-state index >= 15 is 0 Å². The molecule has 0 radical (unpaired) electrons. The van der Waals surface area contributed by atoms with Crippen molar-refractivity contribution in [1.82, 2.24) is 4.90 Å². The zero-order valence-electron chi connectivity index (χ0n) is 23.6. The van der Waals surface area contributed by atoms with Gasteiger partial charge in [-0.3, -0.25) is 4.79 Å². The number of sulfone groups is 1. The number of aryl methyl sites for hydroxylation is 1. The van der Waals surface area contributed by atoms with Crippen molar-refractivity contribution in [3.63, 3.8) is 0 Å². The Hall–Kier alpha value is -3.35. The molecule has 0 saturated heterocycles. The summed E-state index contributed by atoms with van der Waals surface area (Å²) in [7, 11) is -3.20. The van der Waals surface area contributed by atoms with E-state index in [1.54, 1.807) is 11.8 Å². The summed E-state index contributed by atoms with van der Waals surface area (Å²) in [6.07, 6.45) is 10.4. The zero-order chi connectivity index (χ0) is 29.7. The molecule has 9 heteroatoms. The van der Waals surface area contributed by atoms with Crippen LogP contribution in [-0.2, 0) is 38.9 Å². The molecule has 0 aliphatic carbocycles. The molecular weight excluding hydrogens is 514 g/mol. The van der Waals surface area contributed by atoms with Crippen LogP contribution in [0.25, 0.3) is 0 Å². The first-order valence-corrected chi connectivity index (χ1v) is 15.0. The van der Waals surface area contributed by atoms with Gasteiger partial charge in [0.05, 0.1) is 11.5 Å². The molecule has 0 heterocycles. The Morgan fingerprint density at radius 2 is 1.59 bits per heavy atom. The van der Waals surface area contributed by atoms with Crippen LogP contribution in [0.5, 0.6) is 0 Å². The molecule has 0 aromatic heterocycles. The number of carbonyl (C=O) groups excluding carboxylic acids is 2. The molecular formula is C30H45N3O5S. The summed E-state index contributed by atoms with van der Waals surface area (Å²) in [4.78, 5) is 24.8. The number of nitrogens with two attached hydrogens (primary N) is 2. The zero-order valence-corrected chi connectivity index (χ0v) is 24.4. The van der Waals surface area contributed by atoms with Gasteiger partial charge in [0.1, 0.15) is 6.61 Å². The Morgan fingerprint density at radius 3 is 2.15 bits per heavy atom. The van der Waals surface area contributed by atoms with E-state index in [4.69, 9.17) is 11.5 Å². The summed E-state index contributed by atoms with van der Waals surface area (Å²) in [5.41, 5.74) is 13.6. The van der Waals surface area contributed by atoms with Gasteiger partial charge in [-0.25, -0.2) is 13.2 Å². The van der Waals surface area contributed by atoms with Crippen molar-refractivity contribution in [3.8, 4) is 12.8 Å². The molecule has 2 aromatic rings. The second-order valence-electron chi connectivity index (χ2n) is 9.04. The predicted octanol–water partition coefficient (Wildman–Crippen LogP) is 4.31. The van der Waals surface area contributed by atoms with Gasteiger partial charge in [-0.2, -0.15) is 0 Å². The van der Waals surface area contributed by atoms with Crippen LogP contribution in [0.15, 0.2) is 54.6 Å². The fourth-order valence-corrected chi connectivity index (χ4v) is 5.46. The van der Waals surface area contributed by atoms with Gasteiger partial charge in [0.25, 0.3) is 0 Å². The highest BCUT2D eigenvalue weighted by molar-refractivity contribution is 7.91. The lowest BCUT2D eigenvalue weighted by molar-refractivity contribution is -0.135. The van der Waals surface area contributed by atoms with Crippen LogP contribution in [0.4, 0.5) is 4.79 Å². The molecule has 0 aliphatic heterocycles. The van der Waals surface area contributed by atoms with E-state index in [0.717, 1.165) is 24.0 Å². The predicted molar refractivity (Wildman–Crippen MR) is 158 cm³/mol. The molecule has 2 aromatic carbocycles. The van der Waals surface area contributed by atoms with Crippen LogP contribution >= 0.6 is 0 Å². The molecule has 0 bridgehead atoms. The van der Waals surface area contributed by atoms with Crippen LogP contribution in [0.3, 0.4) is 0 Å². The van der Waals surface area contributed by atoms with Crippen molar-refractivity contribution in [2.75, 3.05) is 24.6 Å². The van der Waals surface area contributed by atoms with Crippen molar-refractivity contribution in [2.45, 2.75) is 59.6 Å². The van der Waals surface area contributed by atoms with Crippen molar-refractivity contribution >= 4 is 21.8 Å². The molecule has 0 aliphatic rings.